The van der Waals surface area contributed by atoms with Gasteiger partial charge in [-0.2, -0.15) is 0 Å². The van der Waals surface area contributed by atoms with Gasteiger partial charge in [0.2, 0.25) is 0 Å². The SMILES string of the molecule is CC[Si](CC)(CC)OC(CN)c1c(Cl)cc(I)cc1Cl. The Hall–Kier alpha value is 0.667. The number of halogens is 3. The molecule has 1 unspecified atom stereocenters. The zero-order chi connectivity index (χ0) is 15.3. The molecule has 0 bridgehead atoms. The van der Waals surface area contributed by atoms with Crippen LogP contribution in [-0.2, 0) is 4.43 Å². The molecule has 0 saturated heterocycles. The lowest BCUT2D eigenvalue weighted by Crippen LogP contribution is -2.39. The maximum Gasteiger partial charge on any atom is 0.192 e. The Labute approximate surface area is 146 Å². The summed E-state index contributed by atoms with van der Waals surface area (Å²) in [7, 11) is -1.74. The third-order valence-electron chi connectivity index (χ3n) is 3.91. The first-order valence-corrected chi connectivity index (χ1v) is 11.3. The molecule has 0 spiro atoms. The predicted molar refractivity (Wildman–Crippen MR) is 99.3 cm³/mol. The number of rotatable bonds is 7. The second-order valence-electron chi connectivity index (χ2n) is 4.87. The van der Waals surface area contributed by atoms with Crippen LogP contribution in [0.3, 0.4) is 0 Å². The van der Waals surface area contributed by atoms with Gasteiger partial charge in [-0.25, -0.2) is 0 Å². The quantitative estimate of drug-likeness (QED) is 0.436. The van der Waals surface area contributed by atoms with E-state index in [2.05, 4.69) is 43.4 Å². The van der Waals surface area contributed by atoms with E-state index in [0.29, 0.717) is 16.6 Å². The van der Waals surface area contributed by atoms with E-state index in [0.717, 1.165) is 27.3 Å². The van der Waals surface area contributed by atoms with Gasteiger partial charge in [0.1, 0.15) is 0 Å². The lowest BCUT2D eigenvalue weighted by Gasteiger charge is -2.33. The highest BCUT2D eigenvalue weighted by atomic mass is 127. The molecule has 1 rings (SSSR count). The Morgan fingerprint density at radius 3 is 1.95 bits per heavy atom. The fraction of sp³-hybridized carbons (Fsp3) is 0.571. The lowest BCUT2D eigenvalue weighted by atomic mass is 10.1. The average molecular weight is 446 g/mol. The molecule has 1 atom stereocenters. The first kappa shape index (κ1) is 18.7. The van der Waals surface area contributed by atoms with Crippen molar-refractivity contribution < 1.29 is 4.43 Å². The third kappa shape index (κ3) is 4.33. The molecule has 0 aromatic heterocycles. The topological polar surface area (TPSA) is 35.2 Å². The first-order valence-electron chi connectivity index (χ1n) is 6.95. The van der Waals surface area contributed by atoms with Crippen molar-refractivity contribution in [2.24, 2.45) is 5.73 Å². The zero-order valence-electron chi connectivity index (χ0n) is 12.2. The Morgan fingerprint density at radius 2 is 1.60 bits per heavy atom. The van der Waals surface area contributed by atoms with Gasteiger partial charge in [0, 0.05) is 25.7 Å². The highest BCUT2D eigenvalue weighted by Crippen LogP contribution is 2.37. The van der Waals surface area contributed by atoms with Crippen LogP contribution >= 0.6 is 45.8 Å². The van der Waals surface area contributed by atoms with E-state index in [4.69, 9.17) is 33.4 Å². The number of hydrogen-bond acceptors (Lipinski definition) is 2. The van der Waals surface area contributed by atoms with Crippen molar-refractivity contribution in [3.05, 3.63) is 31.3 Å². The summed E-state index contributed by atoms with van der Waals surface area (Å²) < 4.78 is 7.48. The molecule has 0 amide bonds. The molecule has 0 fully saturated rings. The van der Waals surface area contributed by atoms with Gasteiger partial charge >= 0.3 is 0 Å². The smallest absolute Gasteiger partial charge is 0.192 e. The number of benzene rings is 1. The molecule has 20 heavy (non-hydrogen) atoms. The molecule has 6 heteroatoms. The van der Waals surface area contributed by atoms with E-state index in [9.17, 15) is 0 Å². The molecule has 0 radical (unpaired) electrons. The van der Waals surface area contributed by atoms with Crippen molar-refractivity contribution in [1.29, 1.82) is 0 Å². The van der Waals surface area contributed by atoms with Crippen LogP contribution in [0.2, 0.25) is 28.2 Å². The van der Waals surface area contributed by atoms with Crippen molar-refractivity contribution in [3.8, 4) is 0 Å². The van der Waals surface area contributed by atoms with Gasteiger partial charge in [0.05, 0.1) is 6.10 Å². The van der Waals surface area contributed by atoms with Crippen molar-refractivity contribution in [2.45, 2.75) is 45.0 Å². The van der Waals surface area contributed by atoms with E-state index < -0.39 is 8.32 Å². The Bertz CT molecular complexity index is 424. The molecule has 114 valence electrons. The molecule has 0 saturated carbocycles. The minimum absolute atomic E-state index is 0.210. The van der Waals surface area contributed by atoms with Crippen molar-refractivity contribution in [1.82, 2.24) is 0 Å². The molecule has 1 aromatic carbocycles. The number of hydrogen-bond donors (Lipinski definition) is 1. The molecule has 1 aromatic rings. The second-order valence-corrected chi connectivity index (χ2v) is 11.7. The zero-order valence-corrected chi connectivity index (χ0v) is 16.8. The summed E-state index contributed by atoms with van der Waals surface area (Å²) in [5, 5.41) is 1.28. The molecular weight excluding hydrogens is 424 g/mol. The summed E-state index contributed by atoms with van der Waals surface area (Å²) >= 11 is 14.9. The molecule has 0 aliphatic carbocycles. The van der Waals surface area contributed by atoms with Crippen molar-refractivity contribution in [2.75, 3.05) is 6.54 Å². The average Bonchev–Trinajstić information content (AvgIpc) is 2.42. The molecular formula is C14H22Cl2INOSi. The normalized spacial score (nSPS) is 13.6. The van der Waals surface area contributed by atoms with Gasteiger partial charge in [-0.1, -0.05) is 44.0 Å². The minimum Gasteiger partial charge on any atom is -0.409 e. The largest absolute Gasteiger partial charge is 0.409 e. The van der Waals surface area contributed by atoms with Crippen LogP contribution in [0.4, 0.5) is 0 Å². The highest BCUT2D eigenvalue weighted by Gasteiger charge is 2.33. The maximum absolute atomic E-state index is 6.47. The van der Waals surface area contributed by atoms with Crippen LogP contribution in [-0.4, -0.2) is 14.9 Å². The molecule has 0 heterocycles. The monoisotopic (exact) mass is 445 g/mol. The summed E-state index contributed by atoms with van der Waals surface area (Å²) in [6, 6.07) is 7.05. The second kappa shape index (κ2) is 8.34. The third-order valence-corrected chi connectivity index (χ3v) is 9.80. The van der Waals surface area contributed by atoms with Gasteiger partial charge in [-0.05, 0) is 52.9 Å². The summed E-state index contributed by atoms with van der Waals surface area (Å²) in [5.41, 5.74) is 6.77. The minimum atomic E-state index is -1.74. The first-order chi connectivity index (χ1) is 9.42. The van der Waals surface area contributed by atoms with E-state index in [-0.39, 0.29) is 6.10 Å². The van der Waals surface area contributed by atoms with Crippen LogP contribution in [0.15, 0.2) is 12.1 Å². The van der Waals surface area contributed by atoms with Gasteiger partial charge < -0.3 is 10.2 Å². The number of nitrogens with two attached hydrogens (primary N) is 1. The van der Waals surface area contributed by atoms with Crippen LogP contribution in [0.5, 0.6) is 0 Å². The van der Waals surface area contributed by atoms with Crippen molar-refractivity contribution >= 4 is 54.1 Å². The predicted octanol–water partition coefficient (Wildman–Crippen LogP) is 5.62. The lowest BCUT2D eigenvalue weighted by molar-refractivity contribution is 0.198. The molecule has 2 nitrogen and oxygen atoms in total. The Balaban J connectivity index is 3.14. The Morgan fingerprint density at radius 1 is 1.15 bits per heavy atom. The summed E-state index contributed by atoms with van der Waals surface area (Å²) in [6.45, 7) is 6.99. The van der Waals surface area contributed by atoms with Crippen LogP contribution in [0, 0.1) is 3.57 Å². The fourth-order valence-electron chi connectivity index (χ4n) is 2.39. The van der Waals surface area contributed by atoms with Gasteiger partial charge in [-0.15, -0.1) is 0 Å². The van der Waals surface area contributed by atoms with Crippen LogP contribution < -0.4 is 5.73 Å². The van der Waals surface area contributed by atoms with E-state index >= 15 is 0 Å². The van der Waals surface area contributed by atoms with Crippen LogP contribution in [0.25, 0.3) is 0 Å². The maximum atomic E-state index is 6.47. The Kier molecular flexibility index (Phi) is 7.80. The van der Waals surface area contributed by atoms with Gasteiger partial charge in [-0.3, -0.25) is 0 Å². The summed E-state index contributed by atoms with van der Waals surface area (Å²) in [4.78, 5) is 0. The highest BCUT2D eigenvalue weighted by molar-refractivity contribution is 14.1. The van der Waals surface area contributed by atoms with E-state index in [1.807, 2.05) is 12.1 Å². The standard InChI is InChI=1S/C14H22Cl2INOSi/c1-4-20(5-2,6-3)19-13(9-18)14-11(15)7-10(17)8-12(14)16/h7-8,13H,4-6,9,18H2,1-3H3. The van der Waals surface area contributed by atoms with Gasteiger partial charge in [0.25, 0.3) is 0 Å². The fourth-order valence-corrected chi connectivity index (χ4v) is 6.93. The molecule has 0 aliphatic heterocycles. The summed E-state index contributed by atoms with van der Waals surface area (Å²) in [5.74, 6) is 0. The van der Waals surface area contributed by atoms with E-state index in [1.54, 1.807) is 0 Å². The van der Waals surface area contributed by atoms with Gasteiger partial charge in [0.15, 0.2) is 8.32 Å². The van der Waals surface area contributed by atoms with Crippen LogP contribution in [0.1, 0.15) is 32.4 Å². The van der Waals surface area contributed by atoms with E-state index in [1.165, 1.54) is 0 Å². The van der Waals surface area contributed by atoms with Crippen molar-refractivity contribution in [3.63, 3.8) is 0 Å². The molecule has 0 aliphatic rings. The molecule has 2 N–H and O–H groups in total. The summed E-state index contributed by atoms with van der Waals surface area (Å²) in [6.07, 6.45) is -0.210.